The molecule has 0 atom stereocenters. The molecule has 2 aromatic rings. The van der Waals surface area contributed by atoms with Crippen LogP contribution in [0.5, 0.6) is 11.5 Å². The first-order valence-corrected chi connectivity index (χ1v) is 8.50. The summed E-state index contributed by atoms with van der Waals surface area (Å²) in [7, 11) is 0. The maximum atomic E-state index is 12.8. The number of nitrogens with zero attached hydrogens (tertiary/aromatic N) is 2. The molecule has 0 spiro atoms. The van der Waals surface area contributed by atoms with Crippen molar-refractivity contribution in [1.82, 2.24) is 14.5 Å². The molecule has 2 aliphatic rings. The van der Waals surface area contributed by atoms with Crippen molar-refractivity contribution in [2.75, 3.05) is 39.6 Å². The van der Waals surface area contributed by atoms with E-state index in [1.165, 1.54) is 0 Å². The van der Waals surface area contributed by atoms with Gasteiger partial charge in [0.1, 0.15) is 0 Å². The quantitative estimate of drug-likeness (QED) is 0.844. The van der Waals surface area contributed by atoms with Gasteiger partial charge in [0.05, 0.1) is 24.1 Å². The van der Waals surface area contributed by atoms with Gasteiger partial charge < -0.3 is 19.2 Å². The number of hydrogen-bond acceptors (Lipinski definition) is 6. The largest absolute Gasteiger partial charge is 0.454 e. The molecule has 0 amide bonds. The van der Waals surface area contributed by atoms with Gasteiger partial charge in [-0.15, -0.1) is 0 Å². The number of aromatic amines is 1. The van der Waals surface area contributed by atoms with Crippen LogP contribution in [0.15, 0.2) is 16.9 Å². The lowest BCUT2D eigenvalue weighted by molar-refractivity contribution is 0.0369. The normalized spacial score (nSPS) is 17.5. The number of fused-ring (bicyclic) bond motifs is 2. The van der Waals surface area contributed by atoms with Crippen molar-refractivity contribution in [3.8, 4) is 11.5 Å². The van der Waals surface area contributed by atoms with Gasteiger partial charge in [-0.3, -0.25) is 14.3 Å². The molecule has 4 rings (SSSR count). The molecular formula is C16H19N3O4S. The molecule has 24 heavy (non-hydrogen) atoms. The van der Waals surface area contributed by atoms with E-state index in [4.69, 9.17) is 26.4 Å². The zero-order valence-electron chi connectivity index (χ0n) is 13.2. The lowest BCUT2D eigenvalue weighted by Gasteiger charge is -2.26. The van der Waals surface area contributed by atoms with Crippen LogP contribution in [0.25, 0.3) is 10.9 Å². The van der Waals surface area contributed by atoms with Crippen LogP contribution < -0.4 is 15.0 Å². The van der Waals surface area contributed by atoms with E-state index < -0.39 is 0 Å². The number of nitrogens with one attached hydrogen (secondary N) is 1. The third kappa shape index (κ3) is 2.92. The van der Waals surface area contributed by atoms with Gasteiger partial charge in [0.25, 0.3) is 5.56 Å². The molecule has 1 aromatic heterocycles. The Balaban J connectivity index is 1.57. The topological polar surface area (TPSA) is 68.7 Å². The molecule has 1 aromatic carbocycles. The van der Waals surface area contributed by atoms with Gasteiger partial charge in [-0.25, -0.2) is 0 Å². The Labute approximate surface area is 143 Å². The molecule has 0 saturated carbocycles. The molecule has 3 heterocycles. The SMILES string of the molecule is O=c1c2cc3c(cc2[nH]c(=S)n1CCCN1CCOCC1)OCO3. The van der Waals surface area contributed by atoms with Crippen molar-refractivity contribution in [1.29, 1.82) is 0 Å². The lowest BCUT2D eigenvalue weighted by Crippen LogP contribution is -2.37. The molecule has 0 bridgehead atoms. The molecule has 0 aliphatic carbocycles. The fourth-order valence-corrected chi connectivity index (χ4v) is 3.41. The smallest absolute Gasteiger partial charge is 0.262 e. The molecule has 8 heteroatoms. The number of hydrogen-bond donors (Lipinski definition) is 1. The van der Waals surface area contributed by atoms with Crippen LogP contribution in [0.3, 0.4) is 0 Å². The number of H-pyrrole nitrogens is 1. The van der Waals surface area contributed by atoms with E-state index in [1.54, 1.807) is 16.7 Å². The number of benzene rings is 1. The van der Waals surface area contributed by atoms with Gasteiger partial charge in [0.15, 0.2) is 16.3 Å². The van der Waals surface area contributed by atoms with Crippen LogP contribution in [0, 0.1) is 4.77 Å². The monoisotopic (exact) mass is 349 g/mol. The highest BCUT2D eigenvalue weighted by atomic mass is 32.1. The second kappa shape index (κ2) is 6.54. The average Bonchev–Trinajstić information content (AvgIpc) is 3.04. The van der Waals surface area contributed by atoms with E-state index in [0.717, 1.165) is 39.3 Å². The van der Waals surface area contributed by atoms with Crippen LogP contribution in [0.4, 0.5) is 0 Å². The summed E-state index contributed by atoms with van der Waals surface area (Å²) in [6.07, 6.45) is 0.868. The van der Waals surface area contributed by atoms with Crippen molar-refractivity contribution >= 4 is 23.1 Å². The minimum absolute atomic E-state index is 0.0889. The summed E-state index contributed by atoms with van der Waals surface area (Å²) in [5.41, 5.74) is 0.590. The summed E-state index contributed by atoms with van der Waals surface area (Å²) < 4.78 is 18.1. The summed E-state index contributed by atoms with van der Waals surface area (Å²) >= 11 is 5.37. The van der Waals surface area contributed by atoms with E-state index in [1.807, 2.05) is 0 Å². The second-order valence-corrected chi connectivity index (χ2v) is 6.33. The van der Waals surface area contributed by atoms with Gasteiger partial charge in [0.2, 0.25) is 6.79 Å². The maximum absolute atomic E-state index is 12.8. The number of aromatic nitrogens is 2. The van der Waals surface area contributed by atoms with Crippen molar-refractivity contribution < 1.29 is 14.2 Å². The van der Waals surface area contributed by atoms with Gasteiger partial charge in [-0.1, -0.05) is 0 Å². The Hall–Kier alpha value is -1.90. The summed E-state index contributed by atoms with van der Waals surface area (Å²) in [6.45, 7) is 5.16. The van der Waals surface area contributed by atoms with Crippen LogP contribution in [-0.2, 0) is 11.3 Å². The molecule has 7 nitrogen and oxygen atoms in total. The zero-order chi connectivity index (χ0) is 16.5. The lowest BCUT2D eigenvalue weighted by atomic mass is 10.2. The highest BCUT2D eigenvalue weighted by Gasteiger charge is 2.17. The minimum atomic E-state index is -0.0889. The van der Waals surface area contributed by atoms with Crippen LogP contribution in [0.1, 0.15) is 6.42 Å². The summed E-state index contributed by atoms with van der Waals surface area (Å²) in [5, 5.41) is 0.569. The highest BCUT2D eigenvalue weighted by Crippen LogP contribution is 2.34. The van der Waals surface area contributed by atoms with E-state index in [0.29, 0.717) is 33.7 Å². The summed E-state index contributed by atoms with van der Waals surface area (Å²) in [5.74, 6) is 1.24. The Morgan fingerprint density at radius 1 is 1.12 bits per heavy atom. The predicted molar refractivity (Wildman–Crippen MR) is 91.4 cm³/mol. The first kappa shape index (κ1) is 15.6. The third-order valence-corrected chi connectivity index (χ3v) is 4.76. The van der Waals surface area contributed by atoms with E-state index in [9.17, 15) is 4.79 Å². The summed E-state index contributed by atoms with van der Waals surface area (Å²) in [4.78, 5) is 18.3. The van der Waals surface area contributed by atoms with Gasteiger partial charge >= 0.3 is 0 Å². The molecule has 1 saturated heterocycles. The number of ether oxygens (including phenoxy) is 3. The number of morpholine rings is 1. The Morgan fingerprint density at radius 3 is 2.67 bits per heavy atom. The molecule has 1 fully saturated rings. The Morgan fingerprint density at radius 2 is 1.88 bits per heavy atom. The summed E-state index contributed by atoms with van der Waals surface area (Å²) in [6, 6.07) is 3.50. The van der Waals surface area contributed by atoms with Crippen molar-refractivity contribution in [2.45, 2.75) is 13.0 Å². The van der Waals surface area contributed by atoms with Crippen LogP contribution in [0.2, 0.25) is 0 Å². The van der Waals surface area contributed by atoms with Crippen LogP contribution in [-0.4, -0.2) is 54.1 Å². The molecule has 0 radical (unpaired) electrons. The Kier molecular flexibility index (Phi) is 4.26. The fraction of sp³-hybridized carbons (Fsp3) is 0.500. The average molecular weight is 349 g/mol. The second-order valence-electron chi connectivity index (χ2n) is 5.95. The molecular weight excluding hydrogens is 330 g/mol. The predicted octanol–water partition coefficient (Wildman–Crippen LogP) is 1.51. The first-order chi connectivity index (χ1) is 11.7. The van der Waals surface area contributed by atoms with Crippen LogP contribution >= 0.6 is 12.2 Å². The number of rotatable bonds is 4. The van der Waals surface area contributed by atoms with E-state index >= 15 is 0 Å². The van der Waals surface area contributed by atoms with Crippen molar-refractivity contribution in [3.05, 3.63) is 27.3 Å². The van der Waals surface area contributed by atoms with Gasteiger partial charge in [-0.2, -0.15) is 0 Å². The van der Waals surface area contributed by atoms with Crippen molar-refractivity contribution in [2.24, 2.45) is 0 Å². The van der Waals surface area contributed by atoms with Gasteiger partial charge in [0, 0.05) is 32.2 Å². The minimum Gasteiger partial charge on any atom is -0.454 e. The van der Waals surface area contributed by atoms with Crippen molar-refractivity contribution in [3.63, 3.8) is 0 Å². The molecule has 2 aliphatic heterocycles. The third-order valence-electron chi connectivity index (χ3n) is 4.43. The Bertz CT molecular complexity index is 870. The highest BCUT2D eigenvalue weighted by molar-refractivity contribution is 7.71. The molecule has 128 valence electrons. The van der Waals surface area contributed by atoms with Gasteiger partial charge in [-0.05, 0) is 24.7 Å². The standard InChI is InChI=1S/C16H19N3O4S/c20-15-11-8-13-14(23-10-22-13)9-12(11)17-16(24)19(15)3-1-2-18-4-6-21-7-5-18/h8-9H,1-7,10H2,(H,17,24). The van der Waals surface area contributed by atoms with E-state index in [-0.39, 0.29) is 12.4 Å². The zero-order valence-corrected chi connectivity index (χ0v) is 14.1. The fourth-order valence-electron chi connectivity index (χ4n) is 3.12. The van der Waals surface area contributed by atoms with E-state index in [2.05, 4.69) is 9.88 Å². The first-order valence-electron chi connectivity index (χ1n) is 8.09. The molecule has 0 unspecified atom stereocenters. The molecule has 1 N–H and O–H groups in total. The maximum Gasteiger partial charge on any atom is 0.262 e.